The van der Waals surface area contributed by atoms with E-state index in [9.17, 15) is 0 Å². The van der Waals surface area contributed by atoms with Crippen LogP contribution in [0.4, 0.5) is 0 Å². The van der Waals surface area contributed by atoms with Gasteiger partial charge in [0.2, 0.25) is 0 Å². The van der Waals surface area contributed by atoms with E-state index in [4.69, 9.17) is 9.72 Å². The third-order valence-corrected chi connectivity index (χ3v) is 15.3. The Kier molecular flexibility index (Phi) is 9.10. The van der Waals surface area contributed by atoms with Gasteiger partial charge in [0.15, 0.2) is 0 Å². The zero-order valence-corrected chi connectivity index (χ0v) is 39.6. The summed E-state index contributed by atoms with van der Waals surface area (Å²) in [6.07, 6.45) is 1.94. The van der Waals surface area contributed by atoms with Crippen LogP contribution >= 0.6 is 0 Å². The summed E-state index contributed by atoms with van der Waals surface area (Å²) < 4.78 is 14.7. The summed E-state index contributed by atoms with van der Waals surface area (Å²) in [7, 11) is 0. The molecule has 0 spiro atoms. The van der Waals surface area contributed by atoms with Gasteiger partial charge in [0.1, 0.15) is 0 Å². The zero-order chi connectivity index (χ0) is 42.9. The third-order valence-electron chi connectivity index (χ3n) is 14.2. The van der Waals surface area contributed by atoms with Crippen molar-refractivity contribution in [1.82, 2.24) is 18.7 Å². The molecule has 9 rings (SSSR count). The summed E-state index contributed by atoms with van der Waals surface area (Å²) in [5, 5.41) is 2.43. The zero-order valence-electron chi connectivity index (χ0n) is 37.3. The molecule has 5 nitrogen and oxygen atoms in total. The number of hydrogen-bond acceptors (Lipinski definition) is 2. The minimum atomic E-state index is -0.0954. The summed E-state index contributed by atoms with van der Waals surface area (Å²) in [6, 6.07) is 42.5. The predicted octanol–water partition coefficient (Wildman–Crippen LogP) is 13.9. The minimum absolute atomic E-state index is 0.00505. The van der Waals surface area contributed by atoms with E-state index in [-0.39, 0.29) is 27.1 Å². The summed E-state index contributed by atoms with van der Waals surface area (Å²) >= 11 is 2.46. The molecule has 6 heteroatoms. The molecule has 0 radical (unpaired) electrons. The average Bonchev–Trinajstić information content (AvgIpc) is 3.70. The van der Waals surface area contributed by atoms with Crippen LogP contribution in [0.1, 0.15) is 111 Å². The second kappa shape index (κ2) is 13.5. The topological polar surface area (TPSA) is 36.9 Å². The van der Waals surface area contributed by atoms with E-state index in [1.54, 1.807) is 0 Å². The summed E-state index contributed by atoms with van der Waals surface area (Å²) in [6.45, 7) is 30.2. The molecule has 310 valence electrons. The monoisotopic (exact) mass is 971 g/mol. The second-order valence-corrected chi connectivity index (χ2v) is 21.6. The van der Waals surface area contributed by atoms with Gasteiger partial charge in [0.05, 0.1) is 0 Å². The maximum absolute atomic E-state index is 6.77. The van der Waals surface area contributed by atoms with Crippen LogP contribution in [0, 0.1) is 28.3 Å². The van der Waals surface area contributed by atoms with Crippen molar-refractivity contribution in [3.63, 3.8) is 0 Å². The SMILES string of the molecule is Cc1ccc(-n2[c](=[Pt])n(-c3[c-]c(Oc4[c-]c5c(cc4)c4c6c(ccc4n5-c4cc(C(C)(C)C)ccn4)C(C)(C)C(C)(C)C6(C)C)ccc3)c3ccc(C(C)(C)C)cc32)cc1. The Labute approximate surface area is 366 Å². The van der Waals surface area contributed by atoms with Crippen molar-refractivity contribution in [2.24, 2.45) is 5.41 Å². The van der Waals surface area contributed by atoms with Crippen molar-refractivity contribution >= 4 is 32.8 Å². The van der Waals surface area contributed by atoms with Crippen LogP contribution in [0.2, 0.25) is 0 Å². The van der Waals surface area contributed by atoms with Crippen LogP contribution in [0.3, 0.4) is 0 Å². The van der Waals surface area contributed by atoms with Gasteiger partial charge in [-0.25, -0.2) is 0 Å². The van der Waals surface area contributed by atoms with E-state index in [0.717, 1.165) is 48.5 Å². The average molecular weight is 972 g/mol. The molecule has 5 aromatic carbocycles. The van der Waals surface area contributed by atoms with Gasteiger partial charge in [-0.2, -0.15) is 0 Å². The molecule has 3 heterocycles. The van der Waals surface area contributed by atoms with E-state index in [1.807, 2.05) is 12.3 Å². The van der Waals surface area contributed by atoms with Crippen LogP contribution in [0.15, 0.2) is 103 Å². The Hall–Kier alpha value is -4.99. The molecule has 1 aliphatic carbocycles. The van der Waals surface area contributed by atoms with Crippen molar-refractivity contribution in [1.29, 1.82) is 0 Å². The first-order chi connectivity index (χ1) is 28.1. The number of nitrogens with zero attached hydrogens (tertiary/aromatic N) is 4. The molecular formula is C54H56N4OPt-2. The van der Waals surface area contributed by atoms with E-state index in [2.05, 4.69) is 226 Å². The molecule has 0 N–H and O–H groups in total. The van der Waals surface area contributed by atoms with Crippen LogP contribution in [-0.2, 0) is 41.0 Å². The molecule has 0 saturated carbocycles. The van der Waals surface area contributed by atoms with E-state index < -0.39 is 0 Å². The fourth-order valence-corrected chi connectivity index (χ4v) is 10.6. The van der Waals surface area contributed by atoms with Crippen LogP contribution in [0.5, 0.6) is 11.5 Å². The van der Waals surface area contributed by atoms with Crippen molar-refractivity contribution in [3.8, 4) is 28.7 Å². The summed E-state index contributed by atoms with van der Waals surface area (Å²) in [4.78, 5) is 5.01. The number of pyridine rings is 1. The van der Waals surface area contributed by atoms with E-state index in [1.165, 1.54) is 33.2 Å². The first kappa shape index (κ1) is 40.4. The van der Waals surface area contributed by atoms with Crippen molar-refractivity contribution in [2.45, 2.75) is 112 Å². The molecule has 60 heavy (non-hydrogen) atoms. The van der Waals surface area contributed by atoms with E-state index in [0.29, 0.717) is 11.5 Å². The van der Waals surface area contributed by atoms with Gasteiger partial charge in [0, 0.05) is 6.20 Å². The number of fused-ring (bicyclic) bond motifs is 6. The normalized spacial score (nSPS) is 15.9. The number of rotatable bonds is 5. The van der Waals surface area contributed by atoms with Crippen molar-refractivity contribution < 1.29 is 24.1 Å². The molecular weight excluding hydrogens is 916 g/mol. The third kappa shape index (κ3) is 6.05. The molecule has 8 aromatic rings. The van der Waals surface area contributed by atoms with Crippen molar-refractivity contribution in [3.05, 3.63) is 147 Å². The standard InChI is InChI=1S/C54H56N4O.Pt/c1-34-17-20-37(21-18-34)56-33-57(43-25-19-35(29-46(43)56)50(2,3)4)38-15-14-16-39(31-38)59-40-22-23-41-45(32-40)58(47-30-36(27-28-55-47)51(5,6)7)44-26-24-42-49(48(41)44)53(10,11)54(12,13)52(42,8)9;/h14-30H,1-13H3;/q-2;. The molecule has 0 aliphatic heterocycles. The molecule has 0 fully saturated rings. The number of ether oxygens (including phenoxy) is 1. The Morgan fingerprint density at radius 3 is 2.00 bits per heavy atom. The first-order valence-corrected chi connectivity index (χ1v) is 22.3. The van der Waals surface area contributed by atoms with Gasteiger partial charge in [-0.05, 0) is 38.9 Å². The molecule has 3 aromatic heterocycles. The van der Waals surface area contributed by atoms with Gasteiger partial charge >= 0.3 is 255 Å². The van der Waals surface area contributed by atoms with Gasteiger partial charge in [0.25, 0.3) is 0 Å². The van der Waals surface area contributed by atoms with Gasteiger partial charge in [-0.1, -0.05) is 68.4 Å². The van der Waals surface area contributed by atoms with Gasteiger partial charge in [-0.15, -0.1) is 0 Å². The number of aromatic nitrogens is 4. The fraction of sp³-hybridized carbons (Fsp3) is 0.333. The van der Waals surface area contributed by atoms with Crippen LogP contribution in [-0.4, -0.2) is 18.7 Å². The molecule has 0 amide bonds. The van der Waals surface area contributed by atoms with Gasteiger partial charge < -0.3 is 0 Å². The second-order valence-electron chi connectivity index (χ2n) is 20.5. The molecule has 1 aliphatic rings. The number of aryl methyl sites for hydroxylation is 1. The van der Waals surface area contributed by atoms with Crippen LogP contribution < -0.4 is 4.74 Å². The summed E-state index contributed by atoms with van der Waals surface area (Å²) in [5.74, 6) is 2.12. The Morgan fingerprint density at radius 1 is 0.633 bits per heavy atom. The Balaban J connectivity index is 1.21. The Morgan fingerprint density at radius 2 is 1.30 bits per heavy atom. The van der Waals surface area contributed by atoms with Crippen molar-refractivity contribution in [2.75, 3.05) is 0 Å². The quantitative estimate of drug-likeness (QED) is 0.161. The summed E-state index contributed by atoms with van der Waals surface area (Å²) in [5.41, 5.74) is 12.8. The molecule has 0 saturated heterocycles. The fourth-order valence-electron chi connectivity index (χ4n) is 9.46. The number of benzene rings is 5. The van der Waals surface area contributed by atoms with Gasteiger partial charge in [-0.3, -0.25) is 0 Å². The first-order valence-electron chi connectivity index (χ1n) is 21.1. The maximum atomic E-state index is 6.77. The number of hydrogen-bond donors (Lipinski definition) is 0. The number of imidazole rings is 1. The molecule has 0 bridgehead atoms. The molecule has 0 unspecified atom stereocenters. The Bertz CT molecular complexity index is 3080. The predicted molar refractivity (Wildman–Crippen MR) is 244 cm³/mol. The molecule has 0 atom stereocenters. The van der Waals surface area contributed by atoms with Crippen LogP contribution in [0.25, 0.3) is 50.0 Å². The van der Waals surface area contributed by atoms with E-state index >= 15 is 0 Å².